The summed E-state index contributed by atoms with van der Waals surface area (Å²) in [7, 11) is 1.39. The van der Waals surface area contributed by atoms with Crippen molar-refractivity contribution in [3.63, 3.8) is 0 Å². The number of methoxy groups -OCH3 is 1. The molecule has 0 radical (unpaired) electrons. The Morgan fingerprint density at radius 3 is 2.47 bits per heavy atom. The molecular weight excluding hydrogens is 456 g/mol. The zero-order valence-corrected chi connectivity index (χ0v) is 19.7. The summed E-state index contributed by atoms with van der Waals surface area (Å²) in [5, 5.41) is 12.5. The number of hydrogen-bond donors (Lipinski definition) is 1. The van der Waals surface area contributed by atoms with Gasteiger partial charge in [-0.2, -0.15) is 5.26 Å². The van der Waals surface area contributed by atoms with Crippen molar-refractivity contribution in [1.29, 1.82) is 5.26 Å². The van der Waals surface area contributed by atoms with Gasteiger partial charge in [-0.05, 0) is 73.2 Å². The van der Waals surface area contributed by atoms with Gasteiger partial charge < -0.3 is 10.1 Å². The molecule has 0 saturated heterocycles. The number of rotatable bonds is 4. The predicted molar refractivity (Wildman–Crippen MR) is 134 cm³/mol. The van der Waals surface area contributed by atoms with Gasteiger partial charge in [0.05, 0.1) is 41.1 Å². The number of nitrogens with zero attached hydrogens (tertiary/aromatic N) is 3. The summed E-state index contributed by atoms with van der Waals surface area (Å²) in [5.74, 6) is -0.622. The first-order valence-corrected chi connectivity index (χ1v) is 11.8. The first-order valence-electron chi connectivity index (χ1n) is 11.8. The van der Waals surface area contributed by atoms with Gasteiger partial charge >= 0.3 is 5.97 Å². The van der Waals surface area contributed by atoms with Crippen molar-refractivity contribution in [2.75, 3.05) is 7.11 Å². The molecule has 2 aromatic carbocycles. The van der Waals surface area contributed by atoms with Crippen molar-refractivity contribution in [3.05, 3.63) is 82.3 Å². The Bertz CT molecular complexity index is 1580. The van der Waals surface area contributed by atoms with E-state index in [4.69, 9.17) is 10.00 Å². The van der Waals surface area contributed by atoms with E-state index in [2.05, 4.69) is 16.4 Å². The van der Waals surface area contributed by atoms with E-state index in [1.807, 2.05) is 18.2 Å². The number of benzene rings is 2. The highest BCUT2D eigenvalue weighted by Gasteiger charge is 2.28. The number of fused-ring (bicyclic) bond motifs is 2. The average molecular weight is 481 g/mol. The molecule has 5 rings (SSSR count). The summed E-state index contributed by atoms with van der Waals surface area (Å²) in [4.78, 5) is 43.0. The van der Waals surface area contributed by atoms with E-state index >= 15 is 0 Å². The molecule has 0 bridgehead atoms. The van der Waals surface area contributed by atoms with Crippen molar-refractivity contribution in [1.82, 2.24) is 14.7 Å². The maximum atomic E-state index is 13.4. The van der Waals surface area contributed by atoms with Gasteiger partial charge in [-0.3, -0.25) is 18.8 Å². The molecule has 1 N–H and O–H groups in total. The first-order chi connectivity index (χ1) is 17.5. The Labute approximate surface area is 207 Å². The van der Waals surface area contributed by atoms with E-state index in [9.17, 15) is 14.4 Å². The highest BCUT2D eigenvalue weighted by molar-refractivity contribution is 6.01. The lowest BCUT2D eigenvalue weighted by atomic mass is 9.86. The molecule has 1 fully saturated rings. The summed E-state index contributed by atoms with van der Waals surface area (Å²) < 4.78 is 6.23. The number of ether oxygens (including phenoxy) is 1. The third-order valence-corrected chi connectivity index (χ3v) is 6.83. The van der Waals surface area contributed by atoms with Crippen molar-refractivity contribution in [2.24, 2.45) is 5.92 Å². The second-order valence-electron chi connectivity index (χ2n) is 9.00. The molecule has 0 unspecified atom stereocenters. The summed E-state index contributed by atoms with van der Waals surface area (Å²) in [6, 6.07) is 17.9. The van der Waals surface area contributed by atoms with Crippen molar-refractivity contribution in [3.8, 4) is 17.2 Å². The molecule has 8 nitrogen and oxygen atoms in total. The van der Waals surface area contributed by atoms with Crippen LogP contribution in [0.25, 0.3) is 27.7 Å². The molecule has 2 aromatic heterocycles. The van der Waals surface area contributed by atoms with Gasteiger partial charge in [0.2, 0.25) is 0 Å². The lowest BCUT2D eigenvalue weighted by Gasteiger charge is -2.27. The largest absolute Gasteiger partial charge is 0.469 e. The average Bonchev–Trinajstić information content (AvgIpc) is 2.93. The van der Waals surface area contributed by atoms with E-state index in [1.54, 1.807) is 42.6 Å². The Morgan fingerprint density at radius 1 is 1.06 bits per heavy atom. The van der Waals surface area contributed by atoms with E-state index in [1.165, 1.54) is 11.5 Å². The van der Waals surface area contributed by atoms with Gasteiger partial charge in [-0.1, -0.05) is 18.2 Å². The minimum Gasteiger partial charge on any atom is -0.469 e. The van der Waals surface area contributed by atoms with Gasteiger partial charge in [-0.25, -0.2) is 4.98 Å². The molecule has 36 heavy (non-hydrogen) atoms. The van der Waals surface area contributed by atoms with Crippen LogP contribution in [0.4, 0.5) is 0 Å². The minimum absolute atomic E-state index is 0.0548. The standard InChI is InChI=1S/C28H24N4O4/c1-36-28(35)19-8-11-21(12-9-19)30-26(33)22-3-2-14-32-25(22)31-24-13-10-20(15-23(24)27(32)34)18-6-4-17(16-29)5-7-18/h2-7,10,13-15,19,21H,8-9,11-12H2,1H3,(H,30,33). The Morgan fingerprint density at radius 2 is 1.78 bits per heavy atom. The van der Waals surface area contributed by atoms with Gasteiger partial charge in [0.15, 0.2) is 5.65 Å². The fourth-order valence-corrected chi connectivity index (χ4v) is 4.82. The Kier molecular flexibility index (Phi) is 6.21. The van der Waals surface area contributed by atoms with Crippen molar-refractivity contribution >= 4 is 28.4 Å². The van der Waals surface area contributed by atoms with Crippen molar-refractivity contribution < 1.29 is 14.3 Å². The smallest absolute Gasteiger partial charge is 0.308 e. The first kappa shape index (κ1) is 23.2. The van der Waals surface area contributed by atoms with Crippen LogP contribution in [-0.2, 0) is 9.53 Å². The number of hydrogen-bond acceptors (Lipinski definition) is 6. The predicted octanol–water partition coefficient (Wildman–Crippen LogP) is 3.85. The maximum absolute atomic E-state index is 13.4. The zero-order chi connectivity index (χ0) is 25.2. The van der Waals surface area contributed by atoms with Crippen LogP contribution in [0, 0.1) is 17.2 Å². The van der Waals surface area contributed by atoms with E-state index in [-0.39, 0.29) is 29.4 Å². The summed E-state index contributed by atoms with van der Waals surface area (Å²) in [6.07, 6.45) is 4.31. The third-order valence-electron chi connectivity index (χ3n) is 6.83. The quantitative estimate of drug-likeness (QED) is 0.351. The maximum Gasteiger partial charge on any atom is 0.308 e. The number of amides is 1. The van der Waals surface area contributed by atoms with Crippen LogP contribution in [-0.4, -0.2) is 34.4 Å². The molecular formula is C28H24N4O4. The highest BCUT2D eigenvalue weighted by Crippen LogP contribution is 2.26. The number of esters is 1. The molecule has 8 heteroatoms. The number of carbonyl (C=O) groups is 2. The number of nitriles is 1. The lowest BCUT2D eigenvalue weighted by molar-refractivity contribution is -0.146. The molecule has 180 valence electrons. The molecule has 1 aliphatic rings. The van der Waals surface area contributed by atoms with Gasteiger partial charge in [0.25, 0.3) is 11.5 Å². The third kappa shape index (κ3) is 4.31. The normalized spacial score (nSPS) is 17.4. The summed E-state index contributed by atoms with van der Waals surface area (Å²) >= 11 is 0. The monoisotopic (exact) mass is 480 g/mol. The minimum atomic E-state index is -0.296. The lowest BCUT2D eigenvalue weighted by Crippen LogP contribution is -2.39. The summed E-state index contributed by atoms with van der Waals surface area (Å²) in [5.41, 5.74) is 3.13. The second kappa shape index (κ2) is 9.62. The van der Waals surface area contributed by atoms with Gasteiger partial charge in [0, 0.05) is 12.2 Å². The fraction of sp³-hybridized carbons (Fsp3) is 0.250. The topological polar surface area (TPSA) is 114 Å². The fourth-order valence-electron chi connectivity index (χ4n) is 4.82. The van der Waals surface area contributed by atoms with Gasteiger partial charge in [-0.15, -0.1) is 0 Å². The molecule has 4 aromatic rings. The van der Waals surface area contributed by atoms with Crippen molar-refractivity contribution in [2.45, 2.75) is 31.7 Å². The Balaban J connectivity index is 1.45. The molecule has 1 saturated carbocycles. The Hall–Kier alpha value is -4.51. The molecule has 1 aliphatic carbocycles. The van der Waals surface area contributed by atoms with E-state index in [0.717, 1.165) is 11.1 Å². The van der Waals surface area contributed by atoms with Crippen LogP contribution in [0.5, 0.6) is 0 Å². The van der Waals surface area contributed by atoms with Crippen LogP contribution in [0.15, 0.2) is 65.6 Å². The second-order valence-corrected chi connectivity index (χ2v) is 9.00. The van der Waals surface area contributed by atoms with Crippen LogP contribution < -0.4 is 10.9 Å². The molecule has 0 spiro atoms. The van der Waals surface area contributed by atoms with E-state index < -0.39 is 0 Å². The van der Waals surface area contributed by atoms with E-state index in [0.29, 0.717) is 53.4 Å². The van der Waals surface area contributed by atoms with Crippen LogP contribution >= 0.6 is 0 Å². The summed E-state index contributed by atoms with van der Waals surface area (Å²) in [6.45, 7) is 0. The van der Waals surface area contributed by atoms with Crippen LogP contribution in [0.2, 0.25) is 0 Å². The number of nitrogens with one attached hydrogen (secondary N) is 1. The highest BCUT2D eigenvalue weighted by atomic mass is 16.5. The number of pyridine rings is 1. The van der Waals surface area contributed by atoms with Gasteiger partial charge in [0.1, 0.15) is 0 Å². The molecule has 0 atom stereocenters. The van der Waals surface area contributed by atoms with Crippen LogP contribution in [0.3, 0.4) is 0 Å². The number of aromatic nitrogens is 2. The zero-order valence-electron chi connectivity index (χ0n) is 19.7. The molecule has 0 aliphatic heterocycles. The SMILES string of the molecule is COC(=O)C1CCC(NC(=O)c2cccn3c(=O)c4cc(-c5ccc(C#N)cc5)ccc4nc23)CC1. The molecule has 2 heterocycles. The number of carbonyl (C=O) groups excluding carboxylic acids is 2. The molecule has 1 amide bonds. The van der Waals surface area contributed by atoms with Crippen LogP contribution in [0.1, 0.15) is 41.6 Å².